The van der Waals surface area contributed by atoms with Crippen LogP contribution in [0.3, 0.4) is 0 Å². The molecule has 1 aliphatic carbocycles. The molecule has 5 heteroatoms. The van der Waals surface area contributed by atoms with Gasteiger partial charge in [-0.2, -0.15) is 0 Å². The summed E-state index contributed by atoms with van der Waals surface area (Å²) in [6.07, 6.45) is 0. The van der Waals surface area contributed by atoms with E-state index in [1.165, 1.54) is 27.6 Å². The zero-order valence-electron chi connectivity index (χ0n) is 29.1. The number of rotatable bonds is 4. The maximum atomic E-state index is 6.42. The zero-order chi connectivity index (χ0) is 35.3. The van der Waals surface area contributed by atoms with E-state index in [1.807, 2.05) is 66.7 Å². The van der Waals surface area contributed by atoms with E-state index in [4.69, 9.17) is 23.8 Å². The minimum atomic E-state index is -0.226. The first kappa shape index (κ1) is 29.8. The summed E-state index contributed by atoms with van der Waals surface area (Å²) >= 11 is 0. The fourth-order valence-electron chi connectivity index (χ4n) is 8.40. The van der Waals surface area contributed by atoms with Gasteiger partial charge < -0.3 is 8.83 Å². The highest BCUT2D eigenvalue weighted by molar-refractivity contribution is 6.11. The van der Waals surface area contributed by atoms with Crippen LogP contribution in [0.2, 0.25) is 0 Å². The average Bonchev–Trinajstić information content (AvgIpc) is 3.85. The van der Waals surface area contributed by atoms with Crippen LogP contribution in [0.5, 0.6) is 0 Å². The summed E-state index contributed by atoms with van der Waals surface area (Å²) in [6, 6.07) is 52.4. The Labute approximate surface area is 305 Å². The fourth-order valence-corrected chi connectivity index (χ4v) is 8.40. The van der Waals surface area contributed by atoms with Crippen molar-refractivity contribution < 1.29 is 8.83 Å². The Morgan fingerprint density at radius 3 is 1.89 bits per heavy atom. The SMILES string of the molecule is CC1(C)c2cc(-c3cccc(-c4nc(-c5ccccc5)nc(-c5cccc6c5oc5ccccc56)n4)c3)ccc2-c2ccc3oc4ccccc4c3c21. The summed E-state index contributed by atoms with van der Waals surface area (Å²) in [4.78, 5) is 15.2. The summed E-state index contributed by atoms with van der Waals surface area (Å²) in [7, 11) is 0. The van der Waals surface area contributed by atoms with Crippen molar-refractivity contribution in [3.05, 3.63) is 163 Å². The third kappa shape index (κ3) is 4.47. The first-order valence-corrected chi connectivity index (χ1v) is 17.9. The van der Waals surface area contributed by atoms with E-state index in [9.17, 15) is 0 Å². The van der Waals surface area contributed by atoms with Gasteiger partial charge in [-0.25, -0.2) is 15.0 Å². The summed E-state index contributed by atoms with van der Waals surface area (Å²) in [6.45, 7) is 4.66. The lowest BCUT2D eigenvalue weighted by molar-refractivity contribution is 0.657. The topological polar surface area (TPSA) is 65.0 Å². The highest BCUT2D eigenvalue weighted by Crippen LogP contribution is 2.53. The second-order valence-electron chi connectivity index (χ2n) is 14.4. The zero-order valence-corrected chi connectivity index (χ0v) is 29.1. The van der Waals surface area contributed by atoms with Gasteiger partial charge in [-0.3, -0.25) is 0 Å². The molecular formula is C48H31N3O2. The van der Waals surface area contributed by atoms with Gasteiger partial charge in [0.2, 0.25) is 0 Å². The van der Waals surface area contributed by atoms with Crippen molar-refractivity contribution in [1.82, 2.24) is 15.0 Å². The first-order chi connectivity index (χ1) is 26.0. The van der Waals surface area contributed by atoms with Gasteiger partial charge in [0.15, 0.2) is 17.5 Å². The number of hydrogen-bond acceptors (Lipinski definition) is 5. The van der Waals surface area contributed by atoms with Gasteiger partial charge in [0.25, 0.3) is 0 Å². The molecule has 11 rings (SSSR count). The Bertz CT molecular complexity index is 3100. The predicted molar refractivity (Wildman–Crippen MR) is 214 cm³/mol. The maximum absolute atomic E-state index is 6.42. The Balaban J connectivity index is 1.05. The molecule has 53 heavy (non-hydrogen) atoms. The molecule has 0 unspecified atom stereocenters. The Morgan fingerprint density at radius 2 is 1.04 bits per heavy atom. The van der Waals surface area contributed by atoms with Crippen LogP contribution in [-0.2, 0) is 5.41 Å². The third-order valence-corrected chi connectivity index (χ3v) is 10.9. The standard InChI is InChI=1S/C48H31N3O2/c1-48(2)38-27-30(22-23-32(38)34-24-25-41-42(43(34)48)36-17-7-9-21-40(36)52-41)29-14-10-15-31(26-29)46-49-45(28-12-4-3-5-13-28)50-47(51-46)37-19-11-18-35-33-16-6-8-20-39(33)53-44(35)37/h3-27H,1-2H3. The van der Waals surface area contributed by atoms with Gasteiger partial charge in [-0.15, -0.1) is 0 Å². The lowest BCUT2D eigenvalue weighted by atomic mass is 9.80. The Morgan fingerprint density at radius 1 is 0.415 bits per heavy atom. The van der Waals surface area contributed by atoms with E-state index in [0.717, 1.165) is 66.3 Å². The van der Waals surface area contributed by atoms with E-state index in [1.54, 1.807) is 0 Å². The van der Waals surface area contributed by atoms with Crippen LogP contribution in [0, 0.1) is 0 Å². The van der Waals surface area contributed by atoms with Gasteiger partial charge in [0.05, 0.1) is 5.56 Å². The number of fused-ring (bicyclic) bond motifs is 10. The lowest BCUT2D eigenvalue weighted by Crippen LogP contribution is -2.15. The lowest BCUT2D eigenvalue weighted by Gasteiger charge is -2.23. The third-order valence-electron chi connectivity index (χ3n) is 10.9. The number of nitrogens with zero attached hydrogens (tertiary/aromatic N) is 3. The number of aromatic nitrogens is 3. The number of furan rings is 2. The molecule has 0 spiro atoms. The largest absolute Gasteiger partial charge is 0.456 e. The van der Waals surface area contributed by atoms with E-state index in [-0.39, 0.29) is 5.41 Å². The monoisotopic (exact) mass is 681 g/mol. The number of hydrogen-bond donors (Lipinski definition) is 0. The molecule has 5 nitrogen and oxygen atoms in total. The van der Waals surface area contributed by atoms with Crippen LogP contribution in [0.1, 0.15) is 25.0 Å². The number of para-hydroxylation sites is 3. The highest BCUT2D eigenvalue weighted by atomic mass is 16.3. The molecule has 0 saturated heterocycles. The van der Waals surface area contributed by atoms with E-state index >= 15 is 0 Å². The van der Waals surface area contributed by atoms with Crippen LogP contribution in [0.25, 0.3) is 100 Å². The highest BCUT2D eigenvalue weighted by Gasteiger charge is 2.38. The van der Waals surface area contributed by atoms with Crippen molar-refractivity contribution in [3.8, 4) is 56.4 Å². The minimum Gasteiger partial charge on any atom is -0.456 e. The van der Waals surface area contributed by atoms with Crippen molar-refractivity contribution in [2.24, 2.45) is 0 Å². The van der Waals surface area contributed by atoms with E-state index in [0.29, 0.717) is 17.5 Å². The Kier molecular flexibility index (Phi) is 6.23. The molecule has 0 radical (unpaired) electrons. The smallest absolute Gasteiger partial charge is 0.167 e. The van der Waals surface area contributed by atoms with Gasteiger partial charge in [-0.1, -0.05) is 129 Å². The fraction of sp³-hybridized carbons (Fsp3) is 0.0625. The molecule has 0 saturated carbocycles. The second-order valence-corrected chi connectivity index (χ2v) is 14.4. The van der Waals surface area contributed by atoms with Crippen LogP contribution in [0.15, 0.2) is 160 Å². The van der Waals surface area contributed by atoms with Crippen molar-refractivity contribution in [1.29, 1.82) is 0 Å². The van der Waals surface area contributed by atoms with E-state index < -0.39 is 0 Å². The molecule has 10 aromatic rings. The molecule has 0 N–H and O–H groups in total. The van der Waals surface area contributed by atoms with Gasteiger partial charge in [-0.05, 0) is 69.8 Å². The molecule has 0 bridgehead atoms. The molecule has 1 aliphatic rings. The van der Waals surface area contributed by atoms with Crippen LogP contribution in [-0.4, -0.2) is 15.0 Å². The summed E-state index contributed by atoms with van der Waals surface area (Å²) < 4.78 is 12.7. The minimum absolute atomic E-state index is 0.226. The molecule has 250 valence electrons. The average molecular weight is 682 g/mol. The first-order valence-electron chi connectivity index (χ1n) is 17.9. The van der Waals surface area contributed by atoms with Gasteiger partial charge >= 0.3 is 0 Å². The van der Waals surface area contributed by atoms with Crippen LogP contribution >= 0.6 is 0 Å². The summed E-state index contributed by atoms with van der Waals surface area (Å²) in [5.41, 5.74) is 13.3. The summed E-state index contributed by atoms with van der Waals surface area (Å²) in [5, 5.41) is 4.47. The quantitative estimate of drug-likeness (QED) is 0.185. The molecule has 0 amide bonds. The number of benzene rings is 7. The predicted octanol–water partition coefficient (Wildman–Crippen LogP) is 12.6. The van der Waals surface area contributed by atoms with Crippen molar-refractivity contribution in [2.75, 3.05) is 0 Å². The maximum Gasteiger partial charge on any atom is 0.167 e. The summed E-state index contributed by atoms with van der Waals surface area (Å²) in [5.74, 6) is 1.78. The second kappa shape index (κ2) is 11.1. The van der Waals surface area contributed by atoms with Gasteiger partial charge in [0.1, 0.15) is 22.3 Å². The molecular weight excluding hydrogens is 651 g/mol. The molecule has 0 fully saturated rings. The van der Waals surface area contributed by atoms with Crippen LogP contribution < -0.4 is 0 Å². The molecule has 0 aliphatic heterocycles. The van der Waals surface area contributed by atoms with E-state index in [2.05, 4.69) is 98.8 Å². The van der Waals surface area contributed by atoms with Crippen molar-refractivity contribution in [3.63, 3.8) is 0 Å². The van der Waals surface area contributed by atoms with Crippen molar-refractivity contribution >= 4 is 43.9 Å². The molecule has 3 heterocycles. The van der Waals surface area contributed by atoms with Crippen LogP contribution in [0.4, 0.5) is 0 Å². The van der Waals surface area contributed by atoms with Gasteiger partial charge in [0, 0.05) is 38.1 Å². The molecule has 7 aromatic carbocycles. The normalized spacial score (nSPS) is 13.2. The molecule has 3 aromatic heterocycles. The Hall–Kier alpha value is -6.85. The molecule has 0 atom stereocenters. The van der Waals surface area contributed by atoms with Crippen molar-refractivity contribution in [2.45, 2.75) is 19.3 Å².